The Morgan fingerprint density at radius 3 is 2.76 bits per heavy atom. The quantitative estimate of drug-likeness (QED) is 0.807. The van der Waals surface area contributed by atoms with Crippen molar-refractivity contribution in [2.24, 2.45) is 5.73 Å². The fourth-order valence-corrected chi connectivity index (χ4v) is 4.77. The van der Waals surface area contributed by atoms with Gasteiger partial charge in [-0.15, -0.1) is 0 Å². The van der Waals surface area contributed by atoms with E-state index < -0.39 is 15.8 Å². The summed E-state index contributed by atoms with van der Waals surface area (Å²) in [7, 11) is -3.90. The molecule has 1 aromatic carbocycles. The number of fused-ring (bicyclic) bond motifs is 2. The second-order valence-corrected chi connectivity index (χ2v) is 7.44. The topological polar surface area (TPSA) is 81.4 Å². The minimum absolute atomic E-state index is 0.105. The fourth-order valence-electron chi connectivity index (χ4n) is 2.99. The van der Waals surface area contributed by atoms with Crippen LogP contribution in [0.5, 0.6) is 0 Å². The number of rotatable bonds is 4. The average Bonchev–Trinajstić information content (AvgIpc) is 2.99. The largest absolute Gasteiger partial charge is 0.389 e. The van der Waals surface area contributed by atoms with Crippen molar-refractivity contribution in [3.05, 3.63) is 29.6 Å². The summed E-state index contributed by atoms with van der Waals surface area (Å²) in [5.74, 6) is -0.741. The average molecular weight is 330 g/mol. The molecule has 8 heteroatoms. The number of hydrogen-bond acceptors (Lipinski definition) is 4. The van der Waals surface area contributed by atoms with Crippen LogP contribution < -0.4 is 10.5 Å². The number of nitrogens with two attached hydrogens (primary N) is 1. The van der Waals surface area contributed by atoms with Gasteiger partial charge in [0.05, 0.1) is 28.7 Å². The number of nitrogens with one attached hydrogen (secondary N) is 1. The van der Waals surface area contributed by atoms with Gasteiger partial charge in [-0.05, 0) is 31.4 Å². The minimum atomic E-state index is -3.90. The molecule has 0 saturated carbocycles. The molecule has 2 bridgehead atoms. The van der Waals surface area contributed by atoms with Crippen LogP contribution in [0.4, 0.5) is 4.39 Å². The highest BCUT2D eigenvalue weighted by Gasteiger charge is 2.43. The summed E-state index contributed by atoms with van der Waals surface area (Å²) in [4.78, 5) is -0.504. The molecule has 2 aliphatic heterocycles. The lowest BCUT2D eigenvalue weighted by Gasteiger charge is -2.21. The molecule has 0 amide bonds. The van der Waals surface area contributed by atoms with Crippen LogP contribution in [0, 0.1) is 5.82 Å². The van der Waals surface area contributed by atoms with Crippen molar-refractivity contribution in [2.45, 2.75) is 42.4 Å². The Labute approximate surface area is 127 Å². The predicted octanol–water partition coefficient (Wildman–Crippen LogP) is 1.06. The van der Waals surface area contributed by atoms with E-state index in [2.05, 4.69) is 4.72 Å². The normalized spacial score (nSPS) is 28.0. The molecule has 2 saturated heterocycles. The first-order valence-corrected chi connectivity index (χ1v) is 8.54. The minimum Gasteiger partial charge on any atom is -0.389 e. The van der Waals surface area contributed by atoms with Gasteiger partial charge in [0.25, 0.3) is 0 Å². The Kier molecular flexibility index (Phi) is 3.73. The van der Waals surface area contributed by atoms with Gasteiger partial charge in [0, 0.05) is 0 Å². The number of halogens is 1. The molecule has 3 N–H and O–H groups in total. The summed E-state index contributed by atoms with van der Waals surface area (Å²) < 4.78 is 47.0. The van der Waals surface area contributed by atoms with Crippen molar-refractivity contribution >= 4 is 27.2 Å². The molecule has 0 aliphatic carbocycles. The van der Waals surface area contributed by atoms with Gasteiger partial charge in [-0.3, -0.25) is 0 Å². The summed E-state index contributed by atoms with van der Waals surface area (Å²) in [6.45, 7) is 0. The smallest absolute Gasteiger partial charge is 0.241 e. The SMILES string of the molecule is NC(=S)c1c(F)cccc1S(=O)(=O)NC1CC2CCC1O2. The van der Waals surface area contributed by atoms with E-state index in [9.17, 15) is 12.8 Å². The van der Waals surface area contributed by atoms with E-state index in [-0.39, 0.29) is 33.7 Å². The van der Waals surface area contributed by atoms with E-state index in [1.165, 1.54) is 12.1 Å². The molecule has 2 heterocycles. The van der Waals surface area contributed by atoms with Gasteiger partial charge in [0.2, 0.25) is 10.0 Å². The maximum Gasteiger partial charge on any atom is 0.241 e. The number of ether oxygens (including phenoxy) is 1. The summed E-state index contributed by atoms with van der Waals surface area (Å²) in [5, 5.41) is 0. The zero-order chi connectivity index (χ0) is 15.2. The third kappa shape index (κ3) is 2.68. The second kappa shape index (κ2) is 5.28. The Morgan fingerprint density at radius 2 is 2.19 bits per heavy atom. The molecular weight excluding hydrogens is 315 g/mol. The zero-order valence-electron chi connectivity index (χ0n) is 11.1. The van der Waals surface area contributed by atoms with Gasteiger partial charge in [0.1, 0.15) is 10.8 Å². The molecule has 1 aromatic rings. The number of hydrogen-bond donors (Lipinski definition) is 2. The number of thiocarbonyl (C=S) groups is 1. The van der Waals surface area contributed by atoms with Crippen LogP contribution in [0.15, 0.2) is 23.1 Å². The first kappa shape index (κ1) is 14.8. The molecule has 3 unspecified atom stereocenters. The molecule has 2 fully saturated rings. The van der Waals surface area contributed by atoms with Gasteiger partial charge >= 0.3 is 0 Å². The molecule has 0 radical (unpaired) electrons. The van der Waals surface area contributed by atoms with Crippen molar-refractivity contribution < 1.29 is 17.5 Å². The van der Waals surface area contributed by atoms with E-state index in [1.54, 1.807) is 0 Å². The highest BCUT2D eigenvalue weighted by molar-refractivity contribution is 7.89. The van der Waals surface area contributed by atoms with Crippen molar-refractivity contribution in [1.82, 2.24) is 4.72 Å². The molecule has 0 spiro atoms. The van der Waals surface area contributed by atoms with Crippen LogP contribution in [-0.2, 0) is 14.8 Å². The lowest BCUT2D eigenvalue weighted by atomic mass is 9.96. The monoisotopic (exact) mass is 330 g/mol. The molecule has 2 aliphatic rings. The second-order valence-electron chi connectivity index (χ2n) is 5.31. The van der Waals surface area contributed by atoms with Gasteiger partial charge in [-0.25, -0.2) is 17.5 Å². The van der Waals surface area contributed by atoms with E-state index in [4.69, 9.17) is 22.7 Å². The number of sulfonamides is 1. The van der Waals surface area contributed by atoms with Crippen molar-refractivity contribution in [2.75, 3.05) is 0 Å². The molecule has 3 rings (SSSR count). The maximum atomic E-state index is 13.8. The lowest BCUT2D eigenvalue weighted by molar-refractivity contribution is 0.0996. The van der Waals surface area contributed by atoms with Crippen LogP contribution in [0.3, 0.4) is 0 Å². The molecule has 5 nitrogen and oxygen atoms in total. The van der Waals surface area contributed by atoms with E-state index in [0.717, 1.165) is 18.9 Å². The van der Waals surface area contributed by atoms with E-state index in [1.807, 2.05) is 0 Å². The Morgan fingerprint density at radius 1 is 1.43 bits per heavy atom. The van der Waals surface area contributed by atoms with Gasteiger partial charge in [-0.1, -0.05) is 18.3 Å². The standard InChI is InChI=1S/C13H15FN2O3S2/c14-8-2-1-3-11(12(8)13(15)20)21(17,18)16-9-6-7-4-5-10(9)19-7/h1-3,7,9-10,16H,4-6H2,(H2,15,20). The Hall–Kier alpha value is -1.09. The third-order valence-electron chi connectivity index (χ3n) is 3.92. The highest BCUT2D eigenvalue weighted by Crippen LogP contribution is 2.35. The maximum absolute atomic E-state index is 13.8. The van der Waals surface area contributed by atoms with Gasteiger partial charge in [0.15, 0.2) is 0 Å². The Balaban J connectivity index is 1.92. The van der Waals surface area contributed by atoms with Crippen LogP contribution in [0.1, 0.15) is 24.8 Å². The summed E-state index contributed by atoms with van der Waals surface area (Å²) >= 11 is 4.76. The zero-order valence-corrected chi connectivity index (χ0v) is 12.7. The molecule has 0 aromatic heterocycles. The Bertz CT molecular complexity index is 693. The van der Waals surface area contributed by atoms with Crippen molar-refractivity contribution in [3.63, 3.8) is 0 Å². The van der Waals surface area contributed by atoms with Crippen LogP contribution in [0.25, 0.3) is 0 Å². The van der Waals surface area contributed by atoms with Crippen molar-refractivity contribution in [3.8, 4) is 0 Å². The summed E-state index contributed by atoms with van der Waals surface area (Å²) in [6.07, 6.45) is 2.45. The lowest BCUT2D eigenvalue weighted by Crippen LogP contribution is -2.41. The molecule has 3 atom stereocenters. The highest BCUT2D eigenvalue weighted by atomic mass is 32.2. The van der Waals surface area contributed by atoms with Crippen LogP contribution in [-0.4, -0.2) is 31.7 Å². The predicted molar refractivity (Wildman–Crippen MR) is 78.9 cm³/mol. The van der Waals surface area contributed by atoms with Gasteiger partial charge in [-0.2, -0.15) is 0 Å². The van der Waals surface area contributed by atoms with Crippen molar-refractivity contribution in [1.29, 1.82) is 0 Å². The van der Waals surface area contributed by atoms with Crippen LogP contribution in [0.2, 0.25) is 0 Å². The molecule has 21 heavy (non-hydrogen) atoms. The van der Waals surface area contributed by atoms with Gasteiger partial charge < -0.3 is 10.5 Å². The fraction of sp³-hybridized carbons (Fsp3) is 0.462. The third-order valence-corrected chi connectivity index (χ3v) is 5.66. The van der Waals surface area contributed by atoms with Crippen LogP contribution >= 0.6 is 12.2 Å². The summed E-state index contributed by atoms with van der Waals surface area (Å²) in [5.41, 5.74) is 5.21. The number of benzene rings is 1. The molecule has 114 valence electrons. The first-order valence-electron chi connectivity index (χ1n) is 6.64. The first-order chi connectivity index (χ1) is 9.88. The van der Waals surface area contributed by atoms with E-state index in [0.29, 0.717) is 6.42 Å². The summed E-state index contributed by atoms with van der Waals surface area (Å²) in [6, 6.07) is 3.47. The molecular formula is C13H15FN2O3S2. The van der Waals surface area contributed by atoms with E-state index >= 15 is 0 Å².